The van der Waals surface area contributed by atoms with Crippen LogP contribution in [0.5, 0.6) is 0 Å². The summed E-state index contributed by atoms with van der Waals surface area (Å²) in [7, 11) is 0. The van der Waals surface area contributed by atoms with Crippen LogP contribution in [0.4, 0.5) is 0 Å². The Labute approximate surface area is 207 Å². The average Bonchev–Trinajstić information content (AvgIpc) is 2.83. The molecule has 0 amide bonds. The molecule has 0 spiro atoms. The Morgan fingerprint density at radius 1 is 0.812 bits per heavy atom. The predicted octanol–water partition coefficient (Wildman–Crippen LogP) is 7.38. The summed E-state index contributed by atoms with van der Waals surface area (Å²) in [5, 5.41) is 4.85. The Morgan fingerprint density at radius 2 is 1.41 bits per heavy atom. The standard InChI is InChI=1S/C15H13.C14H12.C2H2.Re/c1-4-12-7-5-8-13-9-6-10-14(11(2)3)15(12)13;1-3-11-7-5-9-13-10-6-8-12(4-2)14(11)13;1-2;/h1,5-6,8-11H,2-3H3;1,5-10H,4H2,2H3;1-2H;/q-1;;;. The summed E-state index contributed by atoms with van der Waals surface area (Å²) < 4.78 is 0. The first-order valence-electron chi connectivity index (χ1n) is 10.3. The molecule has 0 aliphatic heterocycles. The number of aryl methyl sites for hydroxylation is 1. The first-order valence-corrected chi connectivity index (χ1v) is 10.3. The molecule has 0 unspecified atom stereocenters. The van der Waals surface area contributed by atoms with Crippen LogP contribution >= 0.6 is 0 Å². The molecule has 159 valence electrons. The number of terminal acetylenes is 3. The SMILES string of the molecule is C#C.C#Cc1[c-]ccc2cccc(C(C)C)c12.C#Cc1cccc2cccc(CC)c12.[Re]. The maximum Gasteiger partial charge on any atom is 0.0323 e. The molecule has 1 heteroatoms. The van der Waals surface area contributed by atoms with Crippen molar-refractivity contribution in [1.29, 1.82) is 0 Å². The van der Waals surface area contributed by atoms with E-state index < -0.39 is 0 Å². The smallest absolute Gasteiger partial charge is 0.0323 e. The third-order valence-electron chi connectivity index (χ3n) is 5.16. The molecule has 0 nitrogen and oxygen atoms in total. The van der Waals surface area contributed by atoms with E-state index in [9.17, 15) is 0 Å². The summed E-state index contributed by atoms with van der Waals surface area (Å²) in [5.41, 5.74) is 4.50. The van der Waals surface area contributed by atoms with Crippen molar-refractivity contribution in [2.45, 2.75) is 33.1 Å². The summed E-state index contributed by atoms with van der Waals surface area (Å²) in [6, 6.07) is 25.8. The van der Waals surface area contributed by atoms with Crippen LogP contribution in [0.3, 0.4) is 0 Å². The second-order valence-corrected chi connectivity index (χ2v) is 7.28. The van der Waals surface area contributed by atoms with E-state index in [0.29, 0.717) is 5.92 Å². The van der Waals surface area contributed by atoms with Crippen molar-refractivity contribution >= 4 is 21.5 Å². The van der Waals surface area contributed by atoms with Crippen molar-refractivity contribution in [3.8, 4) is 37.5 Å². The topological polar surface area (TPSA) is 0 Å². The molecule has 4 aromatic rings. The Morgan fingerprint density at radius 3 is 1.97 bits per heavy atom. The molecule has 4 aromatic carbocycles. The molecule has 0 heterocycles. The van der Waals surface area contributed by atoms with Crippen LogP contribution < -0.4 is 0 Å². The van der Waals surface area contributed by atoms with Crippen molar-refractivity contribution in [1.82, 2.24) is 0 Å². The normalized spacial score (nSPS) is 9.38. The van der Waals surface area contributed by atoms with Gasteiger partial charge in [0.1, 0.15) is 0 Å². The zero-order valence-corrected chi connectivity index (χ0v) is 21.5. The van der Waals surface area contributed by atoms with Gasteiger partial charge in [-0.15, -0.1) is 48.4 Å². The summed E-state index contributed by atoms with van der Waals surface area (Å²) in [4.78, 5) is 0. The molecule has 0 saturated heterocycles. The van der Waals surface area contributed by atoms with Gasteiger partial charge in [0.25, 0.3) is 0 Å². The van der Waals surface area contributed by atoms with Crippen LogP contribution in [0.25, 0.3) is 21.5 Å². The minimum Gasteiger partial charge on any atom is -0.194 e. The predicted molar refractivity (Wildman–Crippen MR) is 136 cm³/mol. The number of rotatable bonds is 2. The minimum absolute atomic E-state index is 0. The van der Waals surface area contributed by atoms with E-state index in [4.69, 9.17) is 12.8 Å². The third-order valence-corrected chi connectivity index (χ3v) is 5.16. The molecule has 0 fully saturated rings. The first kappa shape index (κ1) is 26.8. The van der Waals surface area contributed by atoms with Crippen molar-refractivity contribution in [3.63, 3.8) is 0 Å². The number of fused-ring (bicyclic) bond motifs is 2. The molecular formula is C31H27Re-. The molecule has 0 aliphatic rings. The molecular weight excluding hydrogens is 559 g/mol. The maximum absolute atomic E-state index is 5.50. The summed E-state index contributed by atoms with van der Waals surface area (Å²) in [6.07, 6.45) is 20.0. The number of hydrogen-bond acceptors (Lipinski definition) is 0. The molecule has 32 heavy (non-hydrogen) atoms. The van der Waals surface area contributed by atoms with Gasteiger partial charge in [-0.2, -0.15) is 12.3 Å². The minimum atomic E-state index is 0. The quantitative estimate of drug-likeness (QED) is 0.170. The molecule has 0 atom stereocenters. The molecule has 0 bridgehead atoms. The molecule has 0 aliphatic carbocycles. The van der Waals surface area contributed by atoms with E-state index in [2.05, 4.69) is 100 Å². The van der Waals surface area contributed by atoms with Crippen LogP contribution in [-0.2, 0) is 26.8 Å². The molecule has 0 saturated carbocycles. The van der Waals surface area contributed by atoms with Crippen LogP contribution in [0, 0.1) is 43.6 Å². The Balaban J connectivity index is 0.000000289. The van der Waals surface area contributed by atoms with E-state index in [1.165, 1.54) is 32.7 Å². The van der Waals surface area contributed by atoms with Gasteiger partial charge in [-0.3, -0.25) is 0 Å². The van der Waals surface area contributed by atoms with E-state index >= 15 is 0 Å². The van der Waals surface area contributed by atoms with E-state index in [-0.39, 0.29) is 20.4 Å². The second-order valence-electron chi connectivity index (χ2n) is 7.28. The van der Waals surface area contributed by atoms with Crippen LogP contribution in [-0.4, -0.2) is 0 Å². The fourth-order valence-corrected chi connectivity index (χ4v) is 3.73. The number of benzene rings is 4. The summed E-state index contributed by atoms with van der Waals surface area (Å²) in [6.45, 7) is 6.52. The molecule has 0 N–H and O–H groups in total. The van der Waals surface area contributed by atoms with Crippen molar-refractivity contribution in [3.05, 3.63) is 95.1 Å². The van der Waals surface area contributed by atoms with Crippen LogP contribution in [0.2, 0.25) is 0 Å². The van der Waals surface area contributed by atoms with Crippen molar-refractivity contribution in [2.75, 3.05) is 0 Å². The fourth-order valence-electron chi connectivity index (χ4n) is 3.73. The monoisotopic (exact) mass is 586 g/mol. The van der Waals surface area contributed by atoms with E-state index in [1.54, 1.807) is 0 Å². The Kier molecular flexibility index (Phi) is 11.1. The van der Waals surface area contributed by atoms with Crippen LogP contribution in [0.1, 0.15) is 48.9 Å². The van der Waals surface area contributed by atoms with E-state index in [1.807, 2.05) is 18.2 Å². The van der Waals surface area contributed by atoms with Gasteiger partial charge >= 0.3 is 0 Å². The number of hydrogen-bond donors (Lipinski definition) is 0. The molecule has 4 rings (SSSR count). The van der Waals surface area contributed by atoms with Gasteiger partial charge in [-0.05, 0) is 29.4 Å². The van der Waals surface area contributed by atoms with Gasteiger partial charge < -0.3 is 0 Å². The Hall–Kier alpha value is -3.26. The third kappa shape index (κ3) is 5.91. The van der Waals surface area contributed by atoms with Gasteiger partial charge in [0, 0.05) is 31.4 Å². The van der Waals surface area contributed by atoms with Crippen molar-refractivity contribution < 1.29 is 20.4 Å². The van der Waals surface area contributed by atoms with Gasteiger partial charge in [0.05, 0.1) is 0 Å². The van der Waals surface area contributed by atoms with Gasteiger partial charge in [0.2, 0.25) is 0 Å². The zero-order chi connectivity index (χ0) is 22.8. The fraction of sp³-hybridized carbons (Fsp3) is 0.161. The first-order chi connectivity index (χ1) is 15.1. The van der Waals surface area contributed by atoms with Gasteiger partial charge in [-0.25, -0.2) is 0 Å². The summed E-state index contributed by atoms with van der Waals surface area (Å²) >= 11 is 0. The molecule has 1 radical (unpaired) electrons. The van der Waals surface area contributed by atoms with Crippen LogP contribution in [0.15, 0.2) is 66.7 Å². The molecule has 0 aromatic heterocycles. The zero-order valence-electron chi connectivity index (χ0n) is 18.8. The summed E-state index contributed by atoms with van der Waals surface area (Å²) in [5.74, 6) is 5.94. The largest absolute Gasteiger partial charge is 0.194 e. The van der Waals surface area contributed by atoms with E-state index in [0.717, 1.165) is 17.5 Å². The average molecular weight is 586 g/mol. The van der Waals surface area contributed by atoms with Gasteiger partial charge in [0.15, 0.2) is 0 Å². The van der Waals surface area contributed by atoms with Crippen molar-refractivity contribution in [2.24, 2.45) is 0 Å². The van der Waals surface area contributed by atoms with Gasteiger partial charge in [-0.1, -0.05) is 86.2 Å². The Bertz CT molecular complexity index is 1270. The maximum atomic E-state index is 5.50. The second kappa shape index (κ2) is 13.2.